The van der Waals surface area contributed by atoms with E-state index in [1.807, 2.05) is 37.3 Å². The molecule has 5 heteroatoms. The number of ether oxygens (including phenoxy) is 2. The van der Waals surface area contributed by atoms with Crippen LogP contribution in [0, 0.1) is 0 Å². The van der Waals surface area contributed by atoms with E-state index in [0.29, 0.717) is 24.7 Å². The van der Waals surface area contributed by atoms with Gasteiger partial charge < -0.3 is 19.9 Å². The number of benzene rings is 2. The van der Waals surface area contributed by atoms with Crippen LogP contribution < -0.4 is 14.8 Å². The van der Waals surface area contributed by atoms with Gasteiger partial charge in [0.05, 0.1) is 13.2 Å². The van der Waals surface area contributed by atoms with Crippen LogP contribution in [-0.4, -0.2) is 30.8 Å². The fourth-order valence-electron chi connectivity index (χ4n) is 2.22. The van der Waals surface area contributed by atoms with Gasteiger partial charge in [0.25, 0.3) is 5.91 Å². The molecule has 0 fully saturated rings. The molecule has 0 unspecified atom stereocenters. The number of amides is 1. The topological polar surface area (TPSA) is 67.8 Å². The van der Waals surface area contributed by atoms with Crippen LogP contribution in [0.2, 0.25) is 0 Å². The van der Waals surface area contributed by atoms with Crippen LogP contribution in [0.15, 0.2) is 48.5 Å². The highest BCUT2D eigenvalue weighted by Crippen LogP contribution is 2.28. The summed E-state index contributed by atoms with van der Waals surface area (Å²) in [6, 6.07) is 15.1. The van der Waals surface area contributed by atoms with E-state index in [1.165, 1.54) is 5.56 Å². The molecule has 1 amide bonds. The Labute approximate surface area is 142 Å². The number of nitrogens with one attached hydrogen (secondary N) is 1. The predicted octanol–water partition coefficient (Wildman–Crippen LogP) is 2.32. The van der Waals surface area contributed by atoms with Gasteiger partial charge in [-0.1, -0.05) is 36.4 Å². The third-order valence-corrected chi connectivity index (χ3v) is 3.43. The van der Waals surface area contributed by atoms with Crippen LogP contribution in [0.3, 0.4) is 0 Å². The van der Waals surface area contributed by atoms with Crippen molar-refractivity contribution in [1.29, 1.82) is 0 Å². The summed E-state index contributed by atoms with van der Waals surface area (Å²) in [5, 5.41) is 12.0. The van der Waals surface area contributed by atoms with E-state index in [4.69, 9.17) is 14.6 Å². The average Bonchev–Trinajstić information content (AvgIpc) is 2.61. The highest BCUT2D eigenvalue weighted by molar-refractivity contribution is 5.77. The molecule has 24 heavy (non-hydrogen) atoms. The van der Waals surface area contributed by atoms with E-state index in [2.05, 4.69) is 5.32 Å². The van der Waals surface area contributed by atoms with E-state index in [-0.39, 0.29) is 19.1 Å². The Hall–Kier alpha value is -2.53. The maximum atomic E-state index is 11.9. The molecule has 0 aliphatic carbocycles. The first-order valence-electron chi connectivity index (χ1n) is 8.03. The Balaban J connectivity index is 1.80. The quantitative estimate of drug-likeness (QED) is 0.741. The minimum Gasteiger partial charge on any atom is -0.490 e. The zero-order chi connectivity index (χ0) is 17.2. The molecular formula is C19H23NO4. The first-order chi connectivity index (χ1) is 11.7. The first kappa shape index (κ1) is 17.8. The second kappa shape index (κ2) is 9.57. The van der Waals surface area contributed by atoms with Crippen molar-refractivity contribution in [1.82, 2.24) is 5.32 Å². The molecule has 0 bridgehead atoms. The lowest BCUT2D eigenvalue weighted by Gasteiger charge is -2.13. The lowest BCUT2D eigenvalue weighted by Crippen LogP contribution is -2.30. The van der Waals surface area contributed by atoms with Crippen molar-refractivity contribution in [2.75, 3.05) is 19.8 Å². The van der Waals surface area contributed by atoms with Crippen LogP contribution in [0.1, 0.15) is 18.1 Å². The van der Waals surface area contributed by atoms with Crippen molar-refractivity contribution in [2.24, 2.45) is 0 Å². The lowest BCUT2D eigenvalue weighted by molar-refractivity contribution is -0.123. The van der Waals surface area contributed by atoms with Crippen LogP contribution in [0.25, 0.3) is 0 Å². The van der Waals surface area contributed by atoms with Gasteiger partial charge in [-0.2, -0.15) is 0 Å². The van der Waals surface area contributed by atoms with Gasteiger partial charge in [0.2, 0.25) is 0 Å². The standard InChI is InChI=1S/C19H23NO4/c1-2-23-18-12-16(13-21)8-9-17(18)24-14-19(22)20-11-10-15-6-4-3-5-7-15/h3-9,12,21H,2,10-11,13-14H2,1H3,(H,20,22). The minimum atomic E-state index is -0.181. The second-order valence-electron chi connectivity index (χ2n) is 5.25. The van der Waals surface area contributed by atoms with Gasteiger partial charge in [0.15, 0.2) is 18.1 Å². The molecule has 0 heterocycles. The van der Waals surface area contributed by atoms with Gasteiger partial charge in [-0.3, -0.25) is 4.79 Å². The van der Waals surface area contributed by atoms with Gasteiger partial charge >= 0.3 is 0 Å². The molecular weight excluding hydrogens is 306 g/mol. The Morgan fingerprint density at radius 3 is 2.54 bits per heavy atom. The van der Waals surface area contributed by atoms with Gasteiger partial charge in [-0.25, -0.2) is 0 Å². The van der Waals surface area contributed by atoms with Crippen LogP contribution >= 0.6 is 0 Å². The van der Waals surface area contributed by atoms with E-state index in [0.717, 1.165) is 12.0 Å². The Bertz CT molecular complexity index is 643. The van der Waals surface area contributed by atoms with Crippen molar-refractivity contribution in [3.63, 3.8) is 0 Å². The molecule has 5 nitrogen and oxygen atoms in total. The van der Waals surface area contributed by atoms with E-state index in [1.54, 1.807) is 18.2 Å². The molecule has 0 aromatic heterocycles. The highest BCUT2D eigenvalue weighted by Gasteiger charge is 2.09. The highest BCUT2D eigenvalue weighted by atomic mass is 16.5. The predicted molar refractivity (Wildman–Crippen MR) is 92.2 cm³/mol. The molecule has 128 valence electrons. The van der Waals surface area contributed by atoms with Gasteiger partial charge in [-0.15, -0.1) is 0 Å². The monoisotopic (exact) mass is 329 g/mol. The number of rotatable bonds is 9. The normalized spacial score (nSPS) is 10.2. The molecule has 0 saturated carbocycles. The zero-order valence-corrected chi connectivity index (χ0v) is 13.8. The van der Waals surface area contributed by atoms with Crippen molar-refractivity contribution >= 4 is 5.91 Å². The second-order valence-corrected chi connectivity index (χ2v) is 5.25. The van der Waals surface area contributed by atoms with Crippen molar-refractivity contribution < 1.29 is 19.4 Å². The Kier molecular flexibility index (Phi) is 7.11. The molecule has 2 aromatic rings. The maximum Gasteiger partial charge on any atom is 0.257 e. The third-order valence-electron chi connectivity index (χ3n) is 3.43. The number of aliphatic hydroxyl groups is 1. The Morgan fingerprint density at radius 2 is 1.83 bits per heavy atom. The van der Waals surface area contributed by atoms with Crippen molar-refractivity contribution in [3.8, 4) is 11.5 Å². The largest absolute Gasteiger partial charge is 0.490 e. The molecule has 2 aromatic carbocycles. The summed E-state index contributed by atoms with van der Waals surface area (Å²) in [4.78, 5) is 11.9. The summed E-state index contributed by atoms with van der Waals surface area (Å²) in [5.74, 6) is 0.841. The molecule has 2 rings (SSSR count). The fraction of sp³-hybridized carbons (Fsp3) is 0.316. The molecule has 0 aliphatic heterocycles. The smallest absolute Gasteiger partial charge is 0.257 e. The van der Waals surface area contributed by atoms with Crippen LogP contribution in [0.4, 0.5) is 0 Å². The van der Waals surface area contributed by atoms with E-state index in [9.17, 15) is 4.79 Å². The third kappa shape index (κ3) is 5.59. The number of aliphatic hydroxyl groups excluding tert-OH is 1. The average molecular weight is 329 g/mol. The number of hydrogen-bond donors (Lipinski definition) is 2. The number of carbonyl (C=O) groups excluding carboxylic acids is 1. The molecule has 2 N–H and O–H groups in total. The maximum absolute atomic E-state index is 11.9. The fourth-order valence-corrected chi connectivity index (χ4v) is 2.22. The number of hydrogen-bond acceptors (Lipinski definition) is 4. The molecule has 0 radical (unpaired) electrons. The van der Waals surface area contributed by atoms with Crippen molar-refractivity contribution in [2.45, 2.75) is 20.0 Å². The van der Waals surface area contributed by atoms with E-state index < -0.39 is 0 Å². The summed E-state index contributed by atoms with van der Waals surface area (Å²) in [6.45, 7) is 2.77. The van der Waals surface area contributed by atoms with Crippen molar-refractivity contribution in [3.05, 3.63) is 59.7 Å². The summed E-state index contributed by atoms with van der Waals surface area (Å²) in [6.07, 6.45) is 0.780. The van der Waals surface area contributed by atoms with Crippen LogP contribution in [0.5, 0.6) is 11.5 Å². The van der Waals surface area contributed by atoms with Gasteiger partial charge in [-0.05, 0) is 36.6 Å². The molecule has 0 spiro atoms. The molecule has 0 atom stereocenters. The van der Waals surface area contributed by atoms with Gasteiger partial charge in [0, 0.05) is 6.54 Å². The minimum absolute atomic E-state index is 0.0691. The van der Waals surface area contributed by atoms with Gasteiger partial charge in [0.1, 0.15) is 0 Å². The van der Waals surface area contributed by atoms with E-state index >= 15 is 0 Å². The summed E-state index contributed by atoms with van der Waals surface area (Å²) < 4.78 is 11.0. The summed E-state index contributed by atoms with van der Waals surface area (Å²) in [5.41, 5.74) is 1.91. The lowest BCUT2D eigenvalue weighted by atomic mass is 10.1. The van der Waals surface area contributed by atoms with Crippen LogP contribution in [-0.2, 0) is 17.8 Å². The molecule has 0 saturated heterocycles. The Morgan fingerprint density at radius 1 is 1.04 bits per heavy atom. The molecule has 0 aliphatic rings. The number of carbonyl (C=O) groups is 1. The SMILES string of the molecule is CCOc1cc(CO)ccc1OCC(=O)NCCc1ccccc1. The zero-order valence-electron chi connectivity index (χ0n) is 13.8. The summed E-state index contributed by atoms with van der Waals surface area (Å²) >= 11 is 0. The first-order valence-corrected chi connectivity index (χ1v) is 8.03. The summed E-state index contributed by atoms with van der Waals surface area (Å²) in [7, 11) is 0.